The molecule has 0 amide bonds. The lowest BCUT2D eigenvalue weighted by Gasteiger charge is -2.39. The van der Waals surface area contributed by atoms with Crippen LogP contribution in [0.3, 0.4) is 0 Å². The van der Waals surface area contributed by atoms with E-state index in [1.165, 1.54) is 27.8 Å². The second kappa shape index (κ2) is 9.37. The summed E-state index contributed by atoms with van der Waals surface area (Å²) < 4.78 is 23.7. The van der Waals surface area contributed by atoms with E-state index in [4.69, 9.17) is 18.6 Å². The first-order valence-corrected chi connectivity index (χ1v) is 13.1. The lowest BCUT2D eigenvalue weighted by atomic mass is 9.89. The van der Waals surface area contributed by atoms with Crippen molar-refractivity contribution in [1.82, 2.24) is 4.90 Å². The van der Waals surface area contributed by atoms with Crippen LogP contribution in [0.15, 0.2) is 53.1 Å². The number of benzene rings is 2. The first kappa shape index (κ1) is 22.7. The summed E-state index contributed by atoms with van der Waals surface area (Å²) in [6.45, 7) is 0.938. The molecule has 4 aromatic rings. The molecule has 6 nitrogen and oxygen atoms in total. The van der Waals surface area contributed by atoms with Gasteiger partial charge in [0.1, 0.15) is 24.0 Å². The molecule has 0 saturated carbocycles. The summed E-state index contributed by atoms with van der Waals surface area (Å²) in [5.74, 6) is 2.88. The van der Waals surface area contributed by atoms with Gasteiger partial charge in [0.05, 0.1) is 25.9 Å². The fraction of sp³-hybridized carbons (Fsp3) is 0.429. The quantitative estimate of drug-likeness (QED) is 0.334. The lowest BCUT2D eigenvalue weighted by Crippen LogP contribution is -2.47. The molecule has 0 spiro atoms. The third kappa shape index (κ3) is 4.26. The molecule has 6 rings (SSSR count). The number of hydrogen-bond acceptors (Lipinski definition) is 7. The number of aliphatic hydroxyl groups excluding tert-OH is 1. The average molecular weight is 494 g/mol. The zero-order chi connectivity index (χ0) is 23.9. The standard InChI is InChI=1S/C28H31NO5S/c1-31-25-12-18-13-27(35-28(18)14-26(25)32-2)17-10-19-6-7-20(11-17)29(19)15-21(30)16-34-24-5-3-4-23-22(24)8-9-33-23/h3-5,8-9,12-14,17,19-21,30H,6-7,10-11,15-16H2,1-2H3/t17?,19?,20?,21-/m0/s1. The van der Waals surface area contributed by atoms with Gasteiger partial charge in [0.2, 0.25) is 0 Å². The van der Waals surface area contributed by atoms with Crippen molar-refractivity contribution in [1.29, 1.82) is 0 Å². The SMILES string of the molecule is COc1cc2cc(C3CC4CCC(C3)N4C[C@H](O)COc3cccc4occc34)sc2cc1OC. The molecule has 0 aliphatic carbocycles. The van der Waals surface area contributed by atoms with Crippen LogP contribution in [0.2, 0.25) is 0 Å². The van der Waals surface area contributed by atoms with Crippen LogP contribution in [0, 0.1) is 0 Å². The molecule has 184 valence electrons. The van der Waals surface area contributed by atoms with E-state index in [0.717, 1.165) is 41.1 Å². The first-order chi connectivity index (χ1) is 17.1. The van der Waals surface area contributed by atoms with Crippen molar-refractivity contribution in [3.05, 3.63) is 53.6 Å². The summed E-state index contributed by atoms with van der Waals surface area (Å²) in [5.41, 5.74) is 0.801. The number of fused-ring (bicyclic) bond motifs is 4. The minimum Gasteiger partial charge on any atom is -0.493 e. The maximum absolute atomic E-state index is 10.8. The van der Waals surface area contributed by atoms with Gasteiger partial charge in [0, 0.05) is 34.3 Å². The zero-order valence-electron chi connectivity index (χ0n) is 20.1. The van der Waals surface area contributed by atoms with Crippen molar-refractivity contribution in [3.63, 3.8) is 0 Å². The Kier molecular flexibility index (Phi) is 6.08. The smallest absolute Gasteiger partial charge is 0.162 e. The second-order valence-electron chi connectivity index (χ2n) is 9.70. The number of piperidine rings is 1. The lowest BCUT2D eigenvalue weighted by molar-refractivity contribution is 0.0323. The van der Waals surface area contributed by atoms with Crippen LogP contribution in [0.25, 0.3) is 21.1 Å². The summed E-state index contributed by atoms with van der Waals surface area (Å²) in [6, 6.07) is 15.2. The Bertz CT molecular complexity index is 1270. The fourth-order valence-corrected chi connectivity index (χ4v) is 7.17. The molecule has 7 heteroatoms. The maximum Gasteiger partial charge on any atom is 0.162 e. The van der Waals surface area contributed by atoms with Crippen molar-refractivity contribution >= 4 is 32.4 Å². The van der Waals surface area contributed by atoms with Crippen LogP contribution in [0.1, 0.15) is 36.5 Å². The molecule has 2 aromatic heterocycles. The van der Waals surface area contributed by atoms with Crippen molar-refractivity contribution in [2.75, 3.05) is 27.4 Å². The van der Waals surface area contributed by atoms with Crippen LogP contribution in [0.4, 0.5) is 0 Å². The maximum atomic E-state index is 10.8. The summed E-state index contributed by atoms with van der Waals surface area (Å²) in [6.07, 6.45) is 5.82. The molecule has 2 aliphatic heterocycles. The predicted molar refractivity (Wildman–Crippen MR) is 138 cm³/mol. The van der Waals surface area contributed by atoms with E-state index < -0.39 is 6.10 Å². The molecule has 0 radical (unpaired) electrons. The molecule has 2 bridgehead atoms. The Labute approximate surface area is 209 Å². The average Bonchev–Trinajstić information content (AvgIpc) is 3.57. The summed E-state index contributed by atoms with van der Waals surface area (Å²) in [5, 5.41) is 13.0. The molecule has 2 unspecified atom stereocenters. The minimum atomic E-state index is -0.527. The monoisotopic (exact) mass is 493 g/mol. The third-order valence-electron chi connectivity index (χ3n) is 7.64. The van der Waals surface area contributed by atoms with Gasteiger partial charge < -0.3 is 23.7 Å². The Balaban J connectivity index is 1.11. The Morgan fingerprint density at radius 1 is 1.03 bits per heavy atom. The van der Waals surface area contributed by atoms with E-state index in [1.54, 1.807) is 20.5 Å². The number of hydrogen-bond donors (Lipinski definition) is 1. The van der Waals surface area contributed by atoms with Gasteiger partial charge in [-0.25, -0.2) is 0 Å². The van der Waals surface area contributed by atoms with Gasteiger partial charge >= 0.3 is 0 Å². The van der Waals surface area contributed by atoms with Crippen LogP contribution in [-0.2, 0) is 0 Å². The molecule has 2 aliphatic rings. The third-order valence-corrected chi connectivity index (χ3v) is 8.90. The van der Waals surface area contributed by atoms with Gasteiger partial charge in [0.15, 0.2) is 11.5 Å². The van der Waals surface area contributed by atoms with E-state index in [1.807, 2.05) is 35.6 Å². The van der Waals surface area contributed by atoms with E-state index in [-0.39, 0.29) is 6.61 Å². The van der Waals surface area contributed by atoms with Gasteiger partial charge in [-0.2, -0.15) is 0 Å². The number of methoxy groups -OCH3 is 2. The number of thiophene rings is 1. The first-order valence-electron chi connectivity index (χ1n) is 12.3. The Hall–Kier alpha value is -2.74. The number of nitrogens with zero attached hydrogens (tertiary/aromatic N) is 1. The molecular weight excluding hydrogens is 462 g/mol. The molecule has 4 heterocycles. The number of aliphatic hydroxyl groups is 1. The number of furan rings is 1. The van der Waals surface area contributed by atoms with Crippen LogP contribution in [-0.4, -0.2) is 55.6 Å². The molecule has 35 heavy (non-hydrogen) atoms. The summed E-state index contributed by atoms with van der Waals surface area (Å²) in [4.78, 5) is 3.98. The number of rotatable bonds is 8. The van der Waals surface area contributed by atoms with E-state index >= 15 is 0 Å². The van der Waals surface area contributed by atoms with Crippen molar-refractivity contribution in [3.8, 4) is 17.2 Å². The topological polar surface area (TPSA) is 64.3 Å². The minimum absolute atomic E-state index is 0.281. The molecule has 2 saturated heterocycles. The van der Waals surface area contributed by atoms with Crippen molar-refractivity contribution in [2.24, 2.45) is 0 Å². The highest BCUT2D eigenvalue weighted by Crippen LogP contribution is 2.47. The molecular formula is C28H31NO5S. The molecule has 2 aromatic carbocycles. The molecule has 1 N–H and O–H groups in total. The second-order valence-corrected chi connectivity index (χ2v) is 10.8. The van der Waals surface area contributed by atoms with Crippen LogP contribution >= 0.6 is 11.3 Å². The predicted octanol–water partition coefficient (Wildman–Crippen LogP) is 5.82. The van der Waals surface area contributed by atoms with Gasteiger partial charge in [-0.1, -0.05) is 6.07 Å². The Morgan fingerprint density at radius 3 is 2.57 bits per heavy atom. The van der Waals surface area contributed by atoms with Crippen LogP contribution < -0.4 is 14.2 Å². The highest BCUT2D eigenvalue weighted by molar-refractivity contribution is 7.19. The molecule has 3 atom stereocenters. The van der Waals surface area contributed by atoms with Crippen LogP contribution in [0.5, 0.6) is 17.2 Å². The van der Waals surface area contributed by atoms with E-state index in [2.05, 4.69) is 23.1 Å². The highest BCUT2D eigenvalue weighted by atomic mass is 32.1. The summed E-state index contributed by atoms with van der Waals surface area (Å²) in [7, 11) is 3.37. The number of ether oxygens (including phenoxy) is 3. The normalized spacial score (nSPS) is 23.1. The Morgan fingerprint density at radius 2 is 1.80 bits per heavy atom. The summed E-state index contributed by atoms with van der Waals surface area (Å²) >= 11 is 1.88. The van der Waals surface area contributed by atoms with E-state index in [9.17, 15) is 5.11 Å². The zero-order valence-corrected chi connectivity index (χ0v) is 20.9. The van der Waals surface area contributed by atoms with Crippen molar-refractivity contribution in [2.45, 2.75) is 49.8 Å². The van der Waals surface area contributed by atoms with E-state index in [0.29, 0.717) is 24.5 Å². The van der Waals surface area contributed by atoms with Gasteiger partial charge in [-0.3, -0.25) is 4.90 Å². The molecule has 2 fully saturated rings. The van der Waals surface area contributed by atoms with Gasteiger partial charge in [-0.05, 0) is 67.3 Å². The van der Waals surface area contributed by atoms with Gasteiger partial charge in [0.25, 0.3) is 0 Å². The van der Waals surface area contributed by atoms with Crippen molar-refractivity contribution < 1.29 is 23.7 Å². The highest BCUT2D eigenvalue weighted by Gasteiger charge is 2.42. The fourth-order valence-electron chi connectivity index (χ4n) is 5.97. The van der Waals surface area contributed by atoms with Gasteiger partial charge in [-0.15, -0.1) is 11.3 Å². The largest absolute Gasteiger partial charge is 0.493 e.